The molecule has 1 aliphatic rings. The van der Waals surface area contributed by atoms with Gasteiger partial charge in [-0.25, -0.2) is 4.98 Å². The standard InChI is InChI=1S/C16H20N6O2/c1-3-18-16(24)10-4-5-13(19-8-10)22-7-6-12-11(9-22)14(15(17)23)20-21(12)2/h4-5,8H,3,6-7,9H2,1-2H3,(H2,17,23)(H,18,24). The zero-order valence-corrected chi connectivity index (χ0v) is 13.7. The first kappa shape index (κ1) is 16.0. The van der Waals surface area contributed by atoms with Crippen molar-refractivity contribution in [2.45, 2.75) is 19.9 Å². The second-order valence-electron chi connectivity index (χ2n) is 5.70. The molecule has 0 spiro atoms. The van der Waals surface area contributed by atoms with Crippen LogP contribution in [0.2, 0.25) is 0 Å². The molecule has 0 saturated heterocycles. The number of amides is 2. The van der Waals surface area contributed by atoms with E-state index in [9.17, 15) is 9.59 Å². The van der Waals surface area contributed by atoms with Crippen LogP contribution in [0.4, 0.5) is 5.82 Å². The number of nitrogens with zero attached hydrogens (tertiary/aromatic N) is 4. The number of carbonyl (C=O) groups is 2. The Hall–Kier alpha value is -2.90. The van der Waals surface area contributed by atoms with Gasteiger partial charge in [0, 0.05) is 50.6 Å². The predicted octanol–water partition coefficient (Wildman–Crippen LogP) is 0.226. The van der Waals surface area contributed by atoms with Gasteiger partial charge < -0.3 is 16.0 Å². The number of hydrogen-bond donors (Lipinski definition) is 2. The van der Waals surface area contributed by atoms with Gasteiger partial charge in [0.2, 0.25) is 0 Å². The third-order valence-electron chi connectivity index (χ3n) is 4.15. The van der Waals surface area contributed by atoms with Gasteiger partial charge >= 0.3 is 0 Å². The summed E-state index contributed by atoms with van der Waals surface area (Å²) in [5.41, 5.74) is 8.14. The van der Waals surface area contributed by atoms with E-state index >= 15 is 0 Å². The van der Waals surface area contributed by atoms with Gasteiger partial charge in [-0.2, -0.15) is 5.10 Å². The van der Waals surface area contributed by atoms with Crippen LogP contribution in [-0.2, 0) is 20.0 Å². The van der Waals surface area contributed by atoms with Gasteiger partial charge in [-0.15, -0.1) is 0 Å². The van der Waals surface area contributed by atoms with Crippen molar-refractivity contribution in [1.82, 2.24) is 20.1 Å². The zero-order valence-electron chi connectivity index (χ0n) is 13.7. The second-order valence-corrected chi connectivity index (χ2v) is 5.70. The molecule has 0 aliphatic carbocycles. The number of carbonyl (C=O) groups excluding carboxylic acids is 2. The molecule has 0 atom stereocenters. The zero-order chi connectivity index (χ0) is 17.3. The van der Waals surface area contributed by atoms with Gasteiger partial charge in [0.15, 0.2) is 5.69 Å². The number of nitrogens with two attached hydrogens (primary N) is 1. The van der Waals surface area contributed by atoms with Crippen molar-refractivity contribution in [1.29, 1.82) is 0 Å². The van der Waals surface area contributed by atoms with Crippen LogP contribution in [-0.4, -0.2) is 39.7 Å². The monoisotopic (exact) mass is 328 g/mol. The van der Waals surface area contributed by atoms with Crippen LogP contribution in [0.5, 0.6) is 0 Å². The molecule has 126 valence electrons. The smallest absolute Gasteiger partial charge is 0.269 e. The van der Waals surface area contributed by atoms with E-state index in [1.54, 1.807) is 16.9 Å². The Kier molecular flexibility index (Phi) is 4.20. The normalized spacial score (nSPS) is 13.5. The number of aromatic nitrogens is 3. The minimum atomic E-state index is -0.520. The highest BCUT2D eigenvalue weighted by atomic mass is 16.2. The molecule has 3 rings (SSSR count). The summed E-state index contributed by atoms with van der Waals surface area (Å²) in [6.45, 7) is 3.73. The summed E-state index contributed by atoms with van der Waals surface area (Å²) < 4.78 is 1.72. The SMILES string of the molecule is CCNC(=O)c1ccc(N2CCc3c(c(C(N)=O)nn3C)C2)nc1. The fourth-order valence-corrected chi connectivity index (χ4v) is 2.96. The van der Waals surface area contributed by atoms with Crippen molar-refractivity contribution in [2.24, 2.45) is 12.8 Å². The minimum Gasteiger partial charge on any atom is -0.364 e. The van der Waals surface area contributed by atoms with E-state index in [1.807, 2.05) is 20.0 Å². The Bertz CT molecular complexity index is 781. The quantitative estimate of drug-likeness (QED) is 0.835. The van der Waals surface area contributed by atoms with Crippen LogP contribution in [0.3, 0.4) is 0 Å². The number of nitrogens with one attached hydrogen (secondary N) is 1. The lowest BCUT2D eigenvalue weighted by Crippen LogP contribution is -2.32. The van der Waals surface area contributed by atoms with Crippen LogP contribution in [0.1, 0.15) is 39.0 Å². The molecule has 24 heavy (non-hydrogen) atoms. The number of hydrogen-bond acceptors (Lipinski definition) is 5. The second kappa shape index (κ2) is 6.31. The molecule has 0 bridgehead atoms. The van der Waals surface area contributed by atoms with Crippen LogP contribution in [0, 0.1) is 0 Å². The van der Waals surface area contributed by atoms with Crippen LogP contribution < -0.4 is 16.0 Å². The molecule has 8 heteroatoms. The van der Waals surface area contributed by atoms with Crippen molar-refractivity contribution >= 4 is 17.6 Å². The molecule has 2 aromatic heterocycles. The van der Waals surface area contributed by atoms with E-state index in [-0.39, 0.29) is 5.91 Å². The van der Waals surface area contributed by atoms with Crippen molar-refractivity contribution in [3.8, 4) is 0 Å². The average Bonchev–Trinajstić information content (AvgIpc) is 2.92. The maximum absolute atomic E-state index is 11.8. The van der Waals surface area contributed by atoms with Crippen molar-refractivity contribution < 1.29 is 9.59 Å². The lowest BCUT2D eigenvalue weighted by Gasteiger charge is -2.28. The molecular weight excluding hydrogens is 308 g/mol. The first-order chi connectivity index (χ1) is 11.5. The van der Waals surface area contributed by atoms with Crippen molar-refractivity contribution in [3.63, 3.8) is 0 Å². The number of anilines is 1. The van der Waals surface area contributed by atoms with Crippen molar-refractivity contribution in [3.05, 3.63) is 40.8 Å². The van der Waals surface area contributed by atoms with Crippen molar-refractivity contribution in [2.75, 3.05) is 18.0 Å². The lowest BCUT2D eigenvalue weighted by atomic mass is 10.0. The van der Waals surface area contributed by atoms with Crippen LogP contribution in [0.25, 0.3) is 0 Å². The summed E-state index contributed by atoms with van der Waals surface area (Å²) in [6.07, 6.45) is 2.32. The molecule has 0 fully saturated rings. The minimum absolute atomic E-state index is 0.138. The van der Waals surface area contributed by atoms with E-state index in [0.717, 1.165) is 30.0 Å². The Balaban J connectivity index is 1.83. The van der Waals surface area contributed by atoms with Gasteiger partial charge in [-0.05, 0) is 19.1 Å². The molecule has 0 radical (unpaired) electrons. The third-order valence-corrected chi connectivity index (χ3v) is 4.15. The number of fused-ring (bicyclic) bond motifs is 1. The van der Waals surface area contributed by atoms with Gasteiger partial charge in [0.05, 0.1) is 5.56 Å². The highest BCUT2D eigenvalue weighted by molar-refractivity contribution is 5.94. The first-order valence-electron chi connectivity index (χ1n) is 7.85. The lowest BCUT2D eigenvalue weighted by molar-refractivity contribution is 0.0953. The number of aryl methyl sites for hydroxylation is 1. The van der Waals surface area contributed by atoms with E-state index in [2.05, 4.69) is 20.3 Å². The molecule has 0 unspecified atom stereocenters. The molecule has 2 aromatic rings. The molecule has 0 saturated carbocycles. The Morgan fingerprint density at radius 1 is 1.38 bits per heavy atom. The highest BCUT2D eigenvalue weighted by Crippen LogP contribution is 2.25. The summed E-state index contributed by atoms with van der Waals surface area (Å²) in [5.74, 6) is 0.0990. The summed E-state index contributed by atoms with van der Waals surface area (Å²) >= 11 is 0. The molecular formula is C16H20N6O2. The molecule has 2 amide bonds. The topological polar surface area (TPSA) is 106 Å². The van der Waals surface area contributed by atoms with Gasteiger partial charge in [-0.1, -0.05) is 0 Å². The van der Waals surface area contributed by atoms with Crippen LogP contribution in [0.15, 0.2) is 18.3 Å². The Morgan fingerprint density at radius 2 is 2.17 bits per heavy atom. The predicted molar refractivity (Wildman–Crippen MR) is 88.7 cm³/mol. The fourth-order valence-electron chi connectivity index (χ4n) is 2.96. The Morgan fingerprint density at radius 3 is 2.79 bits per heavy atom. The number of pyridine rings is 1. The number of primary amides is 1. The maximum Gasteiger partial charge on any atom is 0.269 e. The van der Waals surface area contributed by atoms with E-state index < -0.39 is 5.91 Å². The maximum atomic E-state index is 11.8. The molecule has 3 N–H and O–H groups in total. The highest BCUT2D eigenvalue weighted by Gasteiger charge is 2.26. The molecule has 3 heterocycles. The third kappa shape index (κ3) is 2.82. The van der Waals surface area contributed by atoms with E-state index in [1.165, 1.54) is 0 Å². The first-order valence-corrected chi connectivity index (χ1v) is 7.85. The largest absolute Gasteiger partial charge is 0.364 e. The van der Waals surface area contributed by atoms with Gasteiger partial charge in [0.1, 0.15) is 5.82 Å². The van der Waals surface area contributed by atoms with Gasteiger partial charge in [-0.3, -0.25) is 14.3 Å². The summed E-state index contributed by atoms with van der Waals surface area (Å²) in [6, 6.07) is 3.57. The summed E-state index contributed by atoms with van der Waals surface area (Å²) in [5, 5.41) is 6.96. The fraction of sp³-hybridized carbons (Fsp3) is 0.375. The number of rotatable bonds is 4. The Labute approximate surface area is 139 Å². The van der Waals surface area contributed by atoms with Gasteiger partial charge in [0.25, 0.3) is 11.8 Å². The molecule has 1 aliphatic heterocycles. The average molecular weight is 328 g/mol. The van der Waals surface area contributed by atoms with Crippen LogP contribution >= 0.6 is 0 Å². The van der Waals surface area contributed by atoms with E-state index in [4.69, 9.17) is 5.73 Å². The summed E-state index contributed by atoms with van der Waals surface area (Å²) in [7, 11) is 1.82. The summed E-state index contributed by atoms with van der Waals surface area (Å²) in [4.78, 5) is 29.8. The molecule has 8 nitrogen and oxygen atoms in total. The molecule has 0 aromatic carbocycles. The van der Waals surface area contributed by atoms with E-state index in [0.29, 0.717) is 24.3 Å².